The van der Waals surface area contributed by atoms with Crippen LogP contribution in [0, 0.1) is 0 Å². The average molecular weight is 275 g/mol. The van der Waals surface area contributed by atoms with E-state index in [0.29, 0.717) is 6.04 Å². The maximum absolute atomic E-state index is 5.71. The molecule has 1 rings (SSSR count). The molecule has 2 nitrogen and oxygen atoms in total. The normalized spacial score (nSPS) is 12.2. The zero-order chi connectivity index (χ0) is 14.8. The third kappa shape index (κ3) is 5.79. The minimum atomic E-state index is 0.358. The van der Waals surface area contributed by atoms with Crippen LogP contribution < -0.4 is 10.1 Å². The SMILES string of the molecule is C=C(CC)CC(NCC)c1ccc(OCCCC)cc1. The van der Waals surface area contributed by atoms with Crippen molar-refractivity contribution in [1.29, 1.82) is 0 Å². The van der Waals surface area contributed by atoms with E-state index in [1.165, 1.54) is 17.6 Å². The van der Waals surface area contributed by atoms with Crippen LogP contribution in [0.25, 0.3) is 0 Å². The molecule has 0 fully saturated rings. The Labute approximate surface area is 124 Å². The zero-order valence-electron chi connectivity index (χ0n) is 13.2. The van der Waals surface area contributed by atoms with Gasteiger partial charge in [-0.15, -0.1) is 0 Å². The van der Waals surface area contributed by atoms with Crippen LogP contribution in [0.3, 0.4) is 0 Å². The largest absolute Gasteiger partial charge is 0.494 e. The first-order chi connectivity index (χ1) is 9.71. The van der Waals surface area contributed by atoms with Crippen LogP contribution in [-0.4, -0.2) is 13.2 Å². The van der Waals surface area contributed by atoms with E-state index in [4.69, 9.17) is 4.74 Å². The molecular formula is C18H29NO. The highest BCUT2D eigenvalue weighted by molar-refractivity contribution is 5.30. The molecule has 1 aromatic carbocycles. The fraction of sp³-hybridized carbons (Fsp3) is 0.556. The summed E-state index contributed by atoms with van der Waals surface area (Å²) in [5.74, 6) is 0.965. The maximum atomic E-state index is 5.71. The van der Waals surface area contributed by atoms with Gasteiger partial charge in [0.15, 0.2) is 0 Å². The number of nitrogens with one attached hydrogen (secondary N) is 1. The summed E-state index contributed by atoms with van der Waals surface area (Å²) in [6.45, 7) is 12.4. The smallest absolute Gasteiger partial charge is 0.119 e. The monoisotopic (exact) mass is 275 g/mol. The van der Waals surface area contributed by atoms with E-state index in [1.54, 1.807) is 0 Å². The third-order valence-electron chi connectivity index (χ3n) is 3.49. The molecule has 0 radical (unpaired) electrons. The van der Waals surface area contributed by atoms with Crippen molar-refractivity contribution in [3.8, 4) is 5.75 Å². The molecule has 0 aliphatic rings. The molecule has 0 bridgehead atoms. The molecule has 1 atom stereocenters. The lowest BCUT2D eigenvalue weighted by Crippen LogP contribution is -2.21. The molecule has 0 aliphatic heterocycles. The van der Waals surface area contributed by atoms with E-state index >= 15 is 0 Å². The molecule has 0 aromatic heterocycles. The molecule has 0 saturated carbocycles. The van der Waals surface area contributed by atoms with Gasteiger partial charge in [-0.25, -0.2) is 0 Å². The Kier molecular flexibility index (Phi) is 8.05. The van der Waals surface area contributed by atoms with Gasteiger partial charge in [-0.05, 0) is 43.5 Å². The molecule has 1 unspecified atom stereocenters. The molecule has 1 N–H and O–H groups in total. The van der Waals surface area contributed by atoms with E-state index in [2.05, 4.69) is 56.9 Å². The number of hydrogen-bond acceptors (Lipinski definition) is 2. The Bertz CT molecular complexity index is 383. The van der Waals surface area contributed by atoms with Gasteiger partial charge in [0.1, 0.15) is 5.75 Å². The number of unbranched alkanes of at least 4 members (excludes halogenated alkanes) is 1. The number of benzene rings is 1. The summed E-state index contributed by atoms with van der Waals surface area (Å²) >= 11 is 0. The number of ether oxygens (including phenoxy) is 1. The van der Waals surface area contributed by atoms with Crippen LogP contribution in [0.4, 0.5) is 0 Å². The molecule has 0 aliphatic carbocycles. The first-order valence-electron chi connectivity index (χ1n) is 7.84. The quantitative estimate of drug-likeness (QED) is 0.486. The second-order valence-corrected chi connectivity index (χ2v) is 5.19. The molecule has 0 heterocycles. The summed E-state index contributed by atoms with van der Waals surface area (Å²) in [4.78, 5) is 0. The lowest BCUT2D eigenvalue weighted by atomic mass is 9.98. The minimum absolute atomic E-state index is 0.358. The predicted molar refractivity (Wildman–Crippen MR) is 87.3 cm³/mol. The maximum Gasteiger partial charge on any atom is 0.119 e. The van der Waals surface area contributed by atoms with Crippen LogP contribution in [0.1, 0.15) is 58.1 Å². The Hall–Kier alpha value is -1.28. The molecular weight excluding hydrogens is 246 g/mol. The number of rotatable bonds is 10. The Morgan fingerprint density at radius 1 is 1.20 bits per heavy atom. The Morgan fingerprint density at radius 3 is 2.45 bits per heavy atom. The van der Waals surface area contributed by atoms with E-state index in [9.17, 15) is 0 Å². The van der Waals surface area contributed by atoms with Crippen molar-refractivity contribution in [3.05, 3.63) is 42.0 Å². The summed E-state index contributed by atoms with van der Waals surface area (Å²) in [6.07, 6.45) is 4.32. The lowest BCUT2D eigenvalue weighted by Gasteiger charge is -2.19. The standard InChI is InChI=1S/C18H29NO/c1-5-8-13-20-17-11-9-16(10-12-17)18(19-7-3)14-15(4)6-2/h9-12,18-19H,4-8,13-14H2,1-3H3. The van der Waals surface area contributed by atoms with Crippen molar-refractivity contribution in [1.82, 2.24) is 5.32 Å². The minimum Gasteiger partial charge on any atom is -0.494 e. The molecule has 2 heteroatoms. The van der Waals surface area contributed by atoms with E-state index < -0.39 is 0 Å². The third-order valence-corrected chi connectivity index (χ3v) is 3.49. The van der Waals surface area contributed by atoms with Crippen molar-refractivity contribution < 1.29 is 4.74 Å². The van der Waals surface area contributed by atoms with E-state index in [0.717, 1.165) is 38.2 Å². The summed E-state index contributed by atoms with van der Waals surface area (Å²) in [5.41, 5.74) is 2.60. The molecule has 0 saturated heterocycles. The fourth-order valence-electron chi connectivity index (χ4n) is 2.12. The van der Waals surface area contributed by atoms with Gasteiger partial charge in [0.2, 0.25) is 0 Å². The van der Waals surface area contributed by atoms with Crippen molar-refractivity contribution in [2.45, 2.75) is 52.5 Å². The number of hydrogen-bond donors (Lipinski definition) is 1. The van der Waals surface area contributed by atoms with E-state index in [1.807, 2.05) is 0 Å². The second kappa shape index (κ2) is 9.60. The zero-order valence-corrected chi connectivity index (χ0v) is 13.2. The van der Waals surface area contributed by atoms with Gasteiger partial charge in [-0.2, -0.15) is 0 Å². The Morgan fingerprint density at radius 2 is 1.90 bits per heavy atom. The predicted octanol–water partition coefficient (Wildman–Crippen LogP) is 4.87. The highest BCUT2D eigenvalue weighted by Gasteiger charge is 2.11. The summed E-state index contributed by atoms with van der Waals surface area (Å²) < 4.78 is 5.71. The van der Waals surface area contributed by atoms with Crippen molar-refractivity contribution in [3.63, 3.8) is 0 Å². The van der Waals surface area contributed by atoms with Crippen LogP contribution in [0.15, 0.2) is 36.4 Å². The Balaban J connectivity index is 2.64. The molecule has 20 heavy (non-hydrogen) atoms. The van der Waals surface area contributed by atoms with Gasteiger partial charge in [-0.3, -0.25) is 0 Å². The van der Waals surface area contributed by atoms with Crippen LogP contribution in [0.2, 0.25) is 0 Å². The van der Waals surface area contributed by atoms with Crippen molar-refractivity contribution in [2.24, 2.45) is 0 Å². The molecule has 0 amide bonds. The van der Waals surface area contributed by atoms with Crippen molar-refractivity contribution in [2.75, 3.05) is 13.2 Å². The lowest BCUT2D eigenvalue weighted by molar-refractivity contribution is 0.309. The van der Waals surface area contributed by atoms with Gasteiger partial charge in [0.25, 0.3) is 0 Å². The first-order valence-corrected chi connectivity index (χ1v) is 7.84. The first kappa shape index (κ1) is 16.8. The topological polar surface area (TPSA) is 21.3 Å². The van der Waals surface area contributed by atoms with Gasteiger partial charge in [-0.1, -0.05) is 51.5 Å². The summed E-state index contributed by atoms with van der Waals surface area (Å²) in [6, 6.07) is 8.83. The summed E-state index contributed by atoms with van der Waals surface area (Å²) in [5, 5.41) is 3.53. The van der Waals surface area contributed by atoms with E-state index in [-0.39, 0.29) is 0 Å². The van der Waals surface area contributed by atoms with Crippen LogP contribution in [-0.2, 0) is 0 Å². The average Bonchev–Trinajstić information content (AvgIpc) is 2.47. The fourth-order valence-corrected chi connectivity index (χ4v) is 2.12. The second-order valence-electron chi connectivity index (χ2n) is 5.19. The highest BCUT2D eigenvalue weighted by atomic mass is 16.5. The van der Waals surface area contributed by atoms with Crippen LogP contribution >= 0.6 is 0 Å². The van der Waals surface area contributed by atoms with Gasteiger partial charge in [0, 0.05) is 6.04 Å². The highest BCUT2D eigenvalue weighted by Crippen LogP contribution is 2.24. The van der Waals surface area contributed by atoms with Crippen molar-refractivity contribution >= 4 is 0 Å². The molecule has 0 spiro atoms. The molecule has 112 valence electrons. The summed E-state index contributed by atoms with van der Waals surface area (Å²) in [7, 11) is 0. The molecule has 1 aromatic rings. The van der Waals surface area contributed by atoms with Crippen LogP contribution in [0.5, 0.6) is 5.75 Å². The van der Waals surface area contributed by atoms with Gasteiger partial charge < -0.3 is 10.1 Å². The van der Waals surface area contributed by atoms with Gasteiger partial charge >= 0.3 is 0 Å². The van der Waals surface area contributed by atoms with Gasteiger partial charge in [0.05, 0.1) is 6.61 Å².